The van der Waals surface area contributed by atoms with Crippen LogP contribution in [0.5, 0.6) is 0 Å². The number of benzene rings is 2. The Balaban J connectivity index is 1.33. The number of hydrogen-bond donors (Lipinski definition) is 2. The SMILES string of the molecule is Cc1cccc(CCC(=O)Nc2ccc(Nc3cc(-n4ccnc4)ncn3)cc2)c1. The number of nitrogens with zero attached hydrogens (tertiary/aromatic N) is 4. The molecule has 0 fully saturated rings. The van der Waals surface area contributed by atoms with Gasteiger partial charge < -0.3 is 10.6 Å². The summed E-state index contributed by atoms with van der Waals surface area (Å²) in [6.45, 7) is 2.05. The number of carbonyl (C=O) groups excluding carboxylic acids is 1. The molecule has 0 aliphatic carbocycles. The fourth-order valence-corrected chi connectivity index (χ4v) is 3.09. The predicted octanol–water partition coefficient (Wildman–Crippen LogP) is 4.29. The van der Waals surface area contributed by atoms with Gasteiger partial charge in [-0.05, 0) is 43.2 Å². The minimum atomic E-state index is -0.00186. The third kappa shape index (κ3) is 5.08. The van der Waals surface area contributed by atoms with Gasteiger partial charge in [-0.1, -0.05) is 29.8 Å². The lowest BCUT2D eigenvalue weighted by atomic mass is 10.1. The summed E-state index contributed by atoms with van der Waals surface area (Å²) in [5.41, 5.74) is 4.00. The Morgan fingerprint density at radius 3 is 2.63 bits per heavy atom. The monoisotopic (exact) mass is 398 g/mol. The summed E-state index contributed by atoms with van der Waals surface area (Å²) in [7, 11) is 0. The van der Waals surface area contributed by atoms with Crippen molar-refractivity contribution in [2.45, 2.75) is 19.8 Å². The molecule has 7 nitrogen and oxygen atoms in total. The standard InChI is InChI=1S/C23H22N6O/c1-17-3-2-4-18(13-17)5-10-23(30)28-20-8-6-19(7-9-20)27-21-14-22(26-15-25-21)29-12-11-24-16-29/h2-4,6-9,11-16H,5,10H2,1H3,(H,28,30)(H,25,26,27). The molecule has 30 heavy (non-hydrogen) atoms. The van der Waals surface area contributed by atoms with Crippen LogP contribution in [-0.2, 0) is 11.2 Å². The van der Waals surface area contributed by atoms with Gasteiger partial charge in [0, 0.05) is 36.3 Å². The Labute approximate surface area is 174 Å². The highest BCUT2D eigenvalue weighted by molar-refractivity contribution is 5.91. The quantitative estimate of drug-likeness (QED) is 0.485. The van der Waals surface area contributed by atoms with Crippen LogP contribution in [0.3, 0.4) is 0 Å². The number of hydrogen-bond acceptors (Lipinski definition) is 5. The summed E-state index contributed by atoms with van der Waals surface area (Å²) < 4.78 is 1.81. The van der Waals surface area contributed by atoms with Crippen molar-refractivity contribution < 1.29 is 4.79 Å². The van der Waals surface area contributed by atoms with Crippen molar-refractivity contribution in [2.75, 3.05) is 10.6 Å². The third-order valence-electron chi connectivity index (χ3n) is 4.59. The molecular formula is C23H22N6O. The van der Waals surface area contributed by atoms with Gasteiger partial charge in [-0.15, -0.1) is 0 Å². The largest absolute Gasteiger partial charge is 0.340 e. The van der Waals surface area contributed by atoms with Crippen LogP contribution in [0.25, 0.3) is 5.82 Å². The first-order valence-corrected chi connectivity index (χ1v) is 9.68. The van der Waals surface area contributed by atoms with E-state index in [1.54, 1.807) is 12.5 Å². The second-order valence-corrected chi connectivity index (χ2v) is 6.97. The van der Waals surface area contributed by atoms with Crippen LogP contribution < -0.4 is 10.6 Å². The van der Waals surface area contributed by atoms with Crippen LogP contribution in [0.4, 0.5) is 17.2 Å². The highest BCUT2D eigenvalue weighted by Crippen LogP contribution is 2.19. The van der Waals surface area contributed by atoms with Gasteiger partial charge in [-0.2, -0.15) is 0 Å². The van der Waals surface area contributed by atoms with Crippen molar-refractivity contribution in [3.8, 4) is 5.82 Å². The number of imidazole rings is 1. The zero-order chi connectivity index (χ0) is 20.8. The van der Waals surface area contributed by atoms with Gasteiger partial charge in [-0.25, -0.2) is 15.0 Å². The van der Waals surface area contributed by atoms with E-state index in [0.717, 1.165) is 23.6 Å². The maximum Gasteiger partial charge on any atom is 0.224 e. The van der Waals surface area contributed by atoms with Gasteiger partial charge in [0.1, 0.15) is 24.3 Å². The molecule has 0 bridgehead atoms. The normalized spacial score (nSPS) is 10.6. The second-order valence-electron chi connectivity index (χ2n) is 6.97. The van der Waals surface area contributed by atoms with Crippen LogP contribution in [0.2, 0.25) is 0 Å². The van der Waals surface area contributed by atoms with Crippen molar-refractivity contribution in [1.29, 1.82) is 0 Å². The van der Waals surface area contributed by atoms with Gasteiger partial charge >= 0.3 is 0 Å². The highest BCUT2D eigenvalue weighted by Gasteiger charge is 2.05. The molecule has 4 aromatic rings. The number of nitrogens with one attached hydrogen (secondary N) is 2. The number of rotatable bonds is 7. The van der Waals surface area contributed by atoms with Crippen molar-refractivity contribution in [3.05, 3.63) is 90.8 Å². The molecule has 4 rings (SSSR count). The van der Waals surface area contributed by atoms with Gasteiger partial charge in [-0.3, -0.25) is 9.36 Å². The average Bonchev–Trinajstić information content (AvgIpc) is 3.29. The summed E-state index contributed by atoms with van der Waals surface area (Å²) in [6, 6.07) is 17.6. The zero-order valence-electron chi connectivity index (χ0n) is 16.6. The third-order valence-corrected chi connectivity index (χ3v) is 4.59. The Morgan fingerprint density at radius 2 is 1.87 bits per heavy atom. The van der Waals surface area contributed by atoms with E-state index in [1.165, 1.54) is 17.5 Å². The van der Waals surface area contributed by atoms with Crippen LogP contribution in [-0.4, -0.2) is 25.4 Å². The van der Waals surface area contributed by atoms with Crippen molar-refractivity contribution in [1.82, 2.24) is 19.5 Å². The summed E-state index contributed by atoms with van der Waals surface area (Å²) in [6.07, 6.45) is 7.87. The Morgan fingerprint density at radius 1 is 1.03 bits per heavy atom. The molecule has 2 N–H and O–H groups in total. The molecule has 0 radical (unpaired) electrons. The molecule has 0 unspecified atom stereocenters. The summed E-state index contributed by atoms with van der Waals surface area (Å²) in [4.78, 5) is 24.8. The van der Waals surface area contributed by atoms with Gasteiger partial charge in [0.2, 0.25) is 5.91 Å². The molecular weight excluding hydrogens is 376 g/mol. The molecule has 2 heterocycles. The Hall–Kier alpha value is -4.00. The first-order valence-electron chi connectivity index (χ1n) is 9.68. The lowest BCUT2D eigenvalue weighted by molar-refractivity contribution is -0.116. The summed E-state index contributed by atoms with van der Waals surface area (Å²) >= 11 is 0. The van der Waals surface area contributed by atoms with Crippen LogP contribution in [0.1, 0.15) is 17.5 Å². The molecule has 0 saturated carbocycles. The van der Waals surface area contributed by atoms with Crippen LogP contribution in [0.15, 0.2) is 79.6 Å². The highest BCUT2D eigenvalue weighted by atomic mass is 16.1. The van der Waals surface area contributed by atoms with E-state index in [9.17, 15) is 4.79 Å². The van der Waals surface area contributed by atoms with Gasteiger partial charge in [0.05, 0.1) is 0 Å². The van der Waals surface area contributed by atoms with Crippen LogP contribution >= 0.6 is 0 Å². The van der Waals surface area contributed by atoms with E-state index in [0.29, 0.717) is 12.2 Å². The van der Waals surface area contributed by atoms with Crippen LogP contribution in [0, 0.1) is 6.92 Å². The van der Waals surface area contributed by atoms with E-state index >= 15 is 0 Å². The molecule has 0 spiro atoms. The maximum atomic E-state index is 12.2. The second kappa shape index (κ2) is 9.00. The van der Waals surface area contributed by atoms with E-state index in [4.69, 9.17) is 0 Å². The minimum absolute atomic E-state index is 0.00186. The topological polar surface area (TPSA) is 84.7 Å². The predicted molar refractivity (Wildman–Crippen MR) is 117 cm³/mol. The Kier molecular flexibility index (Phi) is 5.80. The fraction of sp³-hybridized carbons (Fsp3) is 0.130. The Bertz CT molecular complexity index is 1120. The molecule has 0 aliphatic heterocycles. The minimum Gasteiger partial charge on any atom is -0.340 e. The van der Waals surface area contributed by atoms with E-state index in [2.05, 4.69) is 44.6 Å². The fourth-order valence-electron chi connectivity index (χ4n) is 3.09. The van der Waals surface area contributed by atoms with E-state index < -0.39 is 0 Å². The zero-order valence-corrected chi connectivity index (χ0v) is 16.6. The lowest BCUT2D eigenvalue weighted by Crippen LogP contribution is -2.12. The van der Waals surface area contributed by atoms with E-state index in [-0.39, 0.29) is 5.91 Å². The number of aryl methyl sites for hydroxylation is 2. The van der Waals surface area contributed by atoms with E-state index in [1.807, 2.05) is 53.2 Å². The molecule has 1 amide bonds. The number of aromatic nitrogens is 4. The molecule has 0 atom stereocenters. The number of carbonyl (C=O) groups is 1. The molecule has 0 aliphatic rings. The van der Waals surface area contributed by atoms with Gasteiger partial charge in [0.25, 0.3) is 0 Å². The summed E-state index contributed by atoms with van der Waals surface area (Å²) in [5, 5.41) is 6.18. The first-order chi connectivity index (χ1) is 14.7. The molecule has 0 saturated heterocycles. The first kappa shape index (κ1) is 19.3. The number of anilines is 3. The molecule has 150 valence electrons. The molecule has 2 aromatic carbocycles. The number of amides is 1. The molecule has 2 aromatic heterocycles. The lowest BCUT2D eigenvalue weighted by Gasteiger charge is -2.09. The summed E-state index contributed by atoms with van der Waals surface area (Å²) in [5.74, 6) is 1.39. The maximum absolute atomic E-state index is 12.2. The smallest absolute Gasteiger partial charge is 0.224 e. The van der Waals surface area contributed by atoms with Crippen molar-refractivity contribution >= 4 is 23.1 Å². The van der Waals surface area contributed by atoms with Crippen molar-refractivity contribution in [2.24, 2.45) is 0 Å². The van der Waals surface area contributed by atoms with Crippen molar-refractivity contribution in [3.63, 3.8) is 0 Å². The van der Waals surface area contributed by atoms with Gasteiger partial charge in [0.15, 0.2) is 0 Å². The average molecular weight is 398 g/mol. The molecule has 7 heteroatoms.